The molecule has 4 aliphatic rings. The molecule has 1 aromatic carbocycles. The monoisotopic (exact) mass is 691 g/mol. The molecule has 4 aromatic heterocycles. The van der Waals surface area contributed by atoms with Gasteiger partial charge in [0, 0.05) is 55.9 Å². The number of rotatable bonds is 6. The van der Waals surface area contributed by atoms with Gasteiger partial charge in [0.25, 0.3) is 0 Å². The zero-order valence-corrected chi connectivity index (χ0v) is 28.3. The van der Waals surface area contributed by atoms with Gasteiger partial charge < -0.3 is 38.3 Å². The molecule has 4 aliphatic heterocycles. The number of aromatic nitrogens is 5. The number of para-hydroxylation sites is 1. The zero-order valence-electron chi connectivity index (χ0n) is 28.3. The number of pyridine rings is 1. The molecule has 1 spiro atoms. The minimum absolute atomic E-state index is 0.00524. The molecule has 14 nitrogen and oxygen atoms in total. The molecule has 5 aromatic rings. The van der Waals surface area contributed by atoms with Crippen molar-refractivity contribution in [1.82, 2.24) is 24.7 Å². The second-order valence-electron chi connectivity index (χ2n) is 13.7. The van der Waals surface area contributed by atoms with E-state index >= 15 is 0 Å². The molecule has 0 saturated carbocycles. The van der Waals surface area contributed by atoms with E-state index in [2.05, 4.69) is 28.8 Å². The lowest BCUT2D eigenvalue weighted by molar-refractivity contribution is -0.228. The van der Waals surface area contributed by atoms with Crippen LogP contribution in [0, 0.1) is 11.8 Å². The molecular formula is C37H37N7O7. The summed E-state index contributed by atoms with van der Waals surface area (Å²) in [6.07, 6.45) is 4.01. The van der Waals surface area contributed by atoms with Gasteiger partial charge in [0.1, 0.15) is 46.1 Å². The standard InChI is InChI=1S/C37H37N7O7/c1-22-37(20-48-21-37)49-14-12-43(22)28-15-23(7-8-25-9-11-42(2)41-25)17-38-35(28)50-26-16-29(36(45)46)44(18-26)34-32-31(27-5-3-4-6-30(27)51-32)39-33(40-34)24-10-13-47-19-24/h3-6,9,11,15,17,22,24,26,29H,10,12-14,16,18-21H2,1-2H3,(H,45,46)/t22-,24+,26-,29-/m0/s1. The van der Waals surface area contributed by atoms with Gasteiger partial charge in [0.2, 0.25) is 5.88 Å². The highest BCUT2D eigenvalue weighted by Crippen LogP contribution is 2.41. The lowest BCUT2D eigenvalue weighted by Gasteiger charge is -2.53. The van der Waals surface area contributed by atoms with E-state index in [0.717, 1.165) is 17.5 Å². The van der Waals surface area contributed by atoms with Crippen molar-refractivity contribution >= 4 is 39.5 Å². The molecule has 9 rings (SSSR count). The van der Waals surface area contributed by atoms with Gasteiger partial charge in [-0.25, -0.2) is 19.7 Å². The maximum absolute atomic E-state index is 12.9. The third kappa shape index (κ3) is 5.61. The molecule has 14 heteroatoms. The fraction of sp³-hybridized carbons (Fsp3) is 0.432. The summed E-state index contributed by atoms with van der Waals surface area (Å²) in [6.45, 7) is 5.67. The number of ether oxygens (including phenoxy) is 4. The van der Waals surface area contributed by atoms with Gasteiger partial charge in [-0.2, -0.15) is 5.10 Å². The zero-order chi connectivity index (χ0) is 34.7. The summed E-state index contributed by atoms with van der Waals surface area (Å²) in [5, 5.41) is 15.8. The van der Waals surface area contributed by atoms with Crippen LogP contribution in [-0.2, 0) is 26.1 Å². The molecule has 0 radical (unpaired) electrons. The molecule has 0 unspecified atom stereocenters. The lowest BCUT2D eigenvalue weighted by Crippen LogP contribution is -2.68. The van der Waals surface area contributed by atoms with E-state index in [0.29, 0.717) is 85.0 Å². The van der Waals surface area contributed by atoms with Crippen molar-refractivity contribution in [3.63, 3.8) is 0 Å². The van der Waals surface area contributed by atoms with Crippen molar-refractivity contribution in [1.29, 1.82) is 0 Å². The first kappa shape index (κ1) is 31.7. The van der Waals surface area contributed by atoms with Crippen LogP contribution in [0.3, 0.4) is 0 Å². The van der Waals surface area contributed by atoms with Crippen molar-refractivity contribution in [3.8, 4) is 17.7 Å². The molecule has 4 saturated heterocycles. The van der Waals surface area contributed by atoms with Crippen molar-refractivity contribution in [2.75, 3.05) is 55.9 Å². The summed E-state index contributed by atoms with van der Waals surface area (Å²) in [7, 11) is 1.85. The van der Waals surface area contributed by atoms with Gasteiger partial charge in [0.15, 0.2) is 11.4 Å². The number of morpholine rings is 1. The third-order valence-electron chi connectivity index (χ3n) is 10.4. The normalized spacial score (nSPS) is 24.2. The highest BCUT2D eigenvalue weighted by Gasteiger charge is 2.50. The smallest absolute Gasteiger partial charge is 0.326 e. The molecule has 4 fully saturated rings. The number of fused-ring (bicyclic) bond motifs is 3. The van der Waals surface area contributed by atoms with Crippen LogP contribution in [0.25, 0.3) is 22.1 Å². The minimum atomic E-state index is -0.975. The van der Waals surface area contributed by atoms with Gasteiger partial charge in [-0.05, 0) is 43.5 Å². The van der Waals surface area contributed by atoms with Crippen molar-refractivity contribution in [2.24, 2.45) is 7.05 Å². The van der Waals surface area contributed by atoms with E-state index in [1.807, 2.05) is 49.6 Å². The Kier molecular flexibility index (Phi) is 7.79. The van der Waals surface area contributed by atoms with Gasteiger partial charge in [-0.1, -0.05) is 18.1 Å². The molecule has 51 heavy (non-hydrogen) atoms. The second-order valence-corrected chi connectivity index (χ2v) is 13.7. The molecule has 0 amide bonds. The quantitative estimate of drug-likeness (QED) is 0.259. The fourth-order valence-corrected chi connectivity index (χ4v) is 7.54. The van der Waals surface area contributed by atoms with E-state index in [1.165, 1.54) is 0 Å². The van der Waals surface area contributed by atoms with Crippen LogP contribution in [-0.4, -0.2) is 106 Å². The molecule has 8 heterocycles. The molecule has 1 N–H and O–H groups in total. The summed E-state index contributed by atoms with van der Waals surface area (Å²) < 4.78 is 32.2. The highest BCUT2D eigenvalue weighted by molar-refractivity contribution is 6.06. The fourth-order valence-electron chi connectivity index (χ4n) is 7.54. The van der Waals surface area contributed by atoms with E-state index < -0.39 is 23.7 Å². The average molecular weight is 692 g/mol. The van der Waals surface area contributed by atoms with E-state index in [9.17, 15) is 9.90 Å². The number of nitrogens with zero attached hydrogens (tertiary/aromatic N) is 7. The predicted octanol–water partition coefficient (Wildman–Crippen LogP) is 3.51. The van der Waals surface area contributed by atoms with Crippen LogP contribution in [0.5, 0.6) is 5.88 Å². The Bertz CT molecular complexity index is 2200. The topological polar surface area (TPSA) is 150 Å². The SMILES string of the molecule is C[C@@H]1N(c2cc(C#Cc3ccn(C)n3)cnc2O[C@H]2C[C@@H](C(=O)O)N(c3nc([C@@H]4CCOC4)nc4c3oc3ccccc34)C2)CCOC12COC2. The number of carbonyl (C=O) groups is 1. The van der Waals surface area contributed by atoms with Crippen LogP contribution < -0.4 is 14.5 Å². The minimum Gasteiger partial charge on any atom is -0.480 e. The number of aryl methyl sites for hydroxylation is 1. The van der Waals surface area contributed by atoms with Crippen LogP contribution in [0.1, 0.15) is 42.8 Å². The van der Waals surface area contributed by atoms with Gasteiger partial charge in [0.05, 0.1) is 39.0 Å². The van der Waals surface area contributed by atoms with Gasteiger partial charge in [-0.3, -0.25) is 4.68 Å². The average Bonchev–Trinajstić information content (AvgIpc) is 3.94. The van der Waals surface area contributed by atoms with E-state index in [4.69, 9.17) is 38.3 Å². The summed E-state index contributed by atoms with van der Waals surface area (Å²) >= 11 is 0. The number of carboxylic acid groups (broad SMARTS) is 1. The first-order chi connectivity index (χ1) is 24.8. The number of aliphatic carboxylic acids is 1. The maximum Gasteiger partial charge on any atom is 0.326 e. The molecule has 262 valence electrons. The van der Waals surface area contributed by atoms with Crippen LogP contribution in [0.15, 0.2) is 53.2 Å². The Morgan fingerprint density at radius 3 is 2.75 bits per heavy atom. The largest absolute Gasteiger partial charge is 0.480 e. The second kappa shape index (κ2) is 12.5. The molecule has 0 bridgehead atoms. The number of hydrogen-bond donors (Lipinski definition) is 1. The number of hydrogen-bond acceptors (Lipinski definition) is 12. The maximum atomic E-state index is 12.9. The molecular weight excluding hydrogens is 654 g/mol. The number of benzene rings is 1. The van der Waals surface area contributed by atoms with E-state index in [-0.39, 0.29) is 24.9 Å². The lowest BCUT2D eigenvalue weighted by atomic mass is 9.90. The third-order valence-corrected chi connectivity index (χ3v) is 10.4. The number of furan rings is 1. The van der Waals surface area contributed by atoms with Gasteiger partial charge >= 0.3 is 5.97 Å². The highest BCUT2D eigenvalue weighted by atomic mass is 16.6. The summed E-state index contributed by atoms with van der Waals surface area (Å²) in [6, 6.07) is 10.6. The Morgan fingerprint density at radius 1 is 1.10 bits per heavy atom. The Hall–Kier alpha value is -5.23. The van der Waals surface area contributed by atoms with Crippen molar-refractivity contribution < 1.29 is 33.3 Å². The van der Waals surface area contributed by atoms with Crippen LogP contribution in [0.4, 0.5) is 11.5 Å². The Labute approximate surface area is 293 Å². The summed E-state index contributed by atoms with van der Waals surface area (Å²) in [4.78, 5) is 31.6. The number of anilines is 2. The van der Waals surface area contributed by atoms with Crippen molar-refractivity contribution in [2.45, 2.75) is 49.5 Å². The predicted molar refractivity (Wildman–Crippen MR) is 185 cm³/mol. The summed E-state index contributed by atoms with van der Waals surface area (Å²) in [5.41, 5.74) is 3.48. The van der Waals surface area contributed by atoms with Crippen molar-refractivity contribution in [3.05, 3.63) is 65.9 Å². The molecule has 0 aliphatic carbocycles. The van der Waals surface area contributed by atoms with Crippen LogP contribution >= 0.6 is 0 Å². The Balaban J connectivity index is 1.08. The first-order valence-electron chi connectivity index (χ1n) is 17.3. The summed E-state index contributed by atoms with van der Waals surface area (Å²) in [5.74, 6) is 6.81. The first-order valence-corrected chi connectivity index (χ1v) is 17.3. The van der Waals surface area contributed by atoms with Crippen LogP contribution in [0.2, 0.25) is 0 Å². The van der Waals surface area contributed by atoms with E-state index in [1.54, 1.807) is 15.8 Å². The number of carboxylic acids is 1. The molecule has 4 atom stereocenters. The van der Waals surface area contributed by atoms with Gasteiger partial charge in [-0.15, -0.1) is 0 Å². The Morgan fingerprint density at radius 2 is 1.98 bits per heavy atom.